The number of β-amino-alcohol motifs (C(OH)–C–C–N with tert-alkyl or cyclic N) is 1. The van der Waals surface area contributed by atoms with Crippen molar-refractivity contribution in [3.05, 3.63) is 29.8 Å². The lowest BCUT2D eigenvalue weighted by Crippen LogP contribution is -2.58. The minimum Gasteiger partial charge on any atom is -0.491 e. The molecule has 1 aromatic carbocycles. The lowest BCUT2D eigenvalue weighted by Gasteiger charge is -2.48. The zero-order valence-electron chi connectivity index (χ0n) is 22.9. The van der Waals surface area contributed by atoms with Crippen LogP contribution in [0.4, 0.5) is 0 Å². The number of likely N-dealkylation sites (tertiary alicyclic amines) is 2. The van der Waals surface area contributed by atoms with Gasteiger partial charge in [0.1, 0.15) is 18.5 Å². The third-order valence-corrected chi connectivity index (χ3v) is 8.10. The fourth-order valence-corrected chi connectivity index (χ4v) is 7.15. The highest BCUT2D eigenvalue weighted by molar-refractivity contribution is 5.81. The second-order valence-electron chi connectivity index (χ2n) is 12.8. The van der Waals surface area contributed by atoms with Gasteiger partial charge in [0.15, 0.2) is 0 Å². The lowest BCUT2D eigenvalue weighted by atomic mass is 9.63. The third kappa shape index (κ3) is 7.60. The molecule has 38 heavy (non-hydrogen) atoms. The highest BCUT2D eigenvalue weighted by atomic mass is 16.5. The Hall–Kier alpha value is -2.85. The van der Waals surface area contributed by atoms with E-state index in [0.717, 1.165) is 51.9 Å². The second kappa shape index (κ2) is 11.9. The van der Waals surface area contributed by atoms with E-state index in [4.69, 9.17) is 10.00 Å². The van der Waals surface area contributed by atoms with Crippen molar-refractivity contribution in [3.8, 4) is 18.0 Å². The molecule has 2 bridgehead atoms. The van der Waals surface area contributed by atoms with Gasteiger partial charge in [0.2, 0.25) is 12.2 Å². The Balaban J connectivity index is 1.27. The molecule has 1 saturated carbocycles. The van der Waals surface area contributed by atoms with Crippen LogP contribution < -0.4 is 10.1 Å². The first-order valence-corrected chi connectivity index (χ1v) is 13.7. The van der Waals surface area contributed by atoms with Gasteiger partial charge in [0.25, 0.3) is 0 Å². The predicted molar refractivity (Wildman–Crippen MR) is 145 cm³/mol. The van der Waals surface area contributed by atoms with Gasteiger partial charge in [-0.05, 0) is 72.6 Å². The van der Waals surface area contributed by atoms with Crippen LogP contribution in [0.1, 0.15) is 52.0 Å². The van der Waals surface area contributed by atoms with E-state index in [2.05, 4.69) is 46.9 Å². The maximum Gasteiger partial charge on any atom is 0.209 e. The van der Waals surface area contributed by atoms with Crippen LogP contribution in [0, 0.1) is 45.5 Å². The second-order valence-corrected chi connectivity index (χ2v) is 12.8. The van der Waals surface area contributed by atoms with Crippen molar-refractivity contribution >= 4 is 5.96 Å². The van der Waals surface area contributed by atoms with Gasteiger partial charge >= 0.3 is 0 Å². The molecule has 0 aromatic heterocycles. The minimum atomic E-state index is -0.603. The average molecular weight is 523 g/mol. The molecule has 5 atom stereocenters. The molecule has 4 rings (SSSR count). The number of fused-ring (bicyclic) bond motifs is 2. The van der Waals surface area contributed by atoms with Crippen LogP contribution in [0.2, 0.25) is 0 Å². The van der Waals surface area contributed by atoms with E-state index in [1.54, 1.807) is 24.3 Å². The predicted octanol–water partition coefficient (Wildman–Crippen LogP) is 2.56. The number of rotatable bonds is 7. The van der Waals surface area contributed by atoms with E-state index >= 15 is 0 Å². The van der Waals surface area contributed by atoms with E-state index in [9.17, 15) is 15.5 Å². The zero-order chi connectivity index (χ0) is 27.3. The molecule has 3 N–H and O–H groups in total. The van der Waals surface area contributed by atoms with Gasteiger partial charge in [0, 0.05) is 39.3 Å². The van der Waals surface area contributed by atoms with E-state index in [1.165, 1.54) is 0 Å². The number of piperidine rings is 2. The summed E-state index contributed by atoms with van der Waals surface area (Å²) in [6.07, 6.45) is 4.81. The van der Waals surface area contributed by atoms with Crippen molar-refractivity contribution in [2.45, 2.75) is 58.7 Å². The molecular formula is C29H42N6O3. The monoisotopic (exact) mass is 522 g/mol. The summed E-state index contributed by atoms with van der Waals surface area (Å²) in [6.45, 7) is 11.5. The third-order valence-electron chi connectivity index (χ3n) is 8.10. The van der Waals surface area contributed by atoms with Crippen molar-refractivity contribution in [1.82, 2.24) is 15.1 Å². The number of guanidine groups is 1. The number of nitrogens with one attached hydrogen (secondary N) is 1. The van der Waals surface area contributed by atoms with Gasteiger partial charge in [-0.15, -0.1) is 4.99 Å². The molecule has 5 unspecified atom stereocenters. The van der Waals surface area contributed by atoms with Crippen LogP contribution >= 0.6 is 0 Å². The summed E-state index contributed by atoms with van der Waals surface area (Å²) in [5.41, 5.74) is 0.607. The first-order valence-electron chi connectivity index (χ1n) is 13.7. The number of hydrogen-bond donors (Lipinski definition) is 3. The van der Waals surface area contributed by atoms with Gasteiger partial charge in [-0.3, -0.25) is 4.90 Å². The maximum atomic E-state index is 10.6. The van der Waals surface area contributed by atoms with Gasteiger partial charge < -0.3 is 25.2 Å². The summed E-state index contributed by atoms with van der Waals surface area (Å²) >= 11 is 0. The van der Waals surface area contributed by atoms with Crippen molar-refractivity contribution in [3.63, 3.8) is 0 Å². The van der Waals surface area contributed by atoms with Crippen LogP contribution in [0.25, 0.3) is 0 Å². The number of aliphatic hydroxyl groups is 2. The largest absolute Gasteiger partial charge is 0.491 e. The van der Waals surface area contributed by atoms with E-state index < -0.39 is 6.10 Å². The van der Waals surface area contributed by atoms with E-state index in [1.807, 2.05) is 6.19 Å². The molecule has 3 fully saturated rings. The highest BCUT2D eigenvalue weighted by Gasteiger charge is 2.41. The number of hydrogen-bond acceptors (Lipinski definition) is 7. The van der Waals surface area contributed by atoms with Crippen LogP contribution in [0.3, 0.4) is 0 Å². The van der Waals surface area contributed by atoms with Gasteiger partial charge in [0.05, 0.1) is 17.7 Å². The Morgan fingerprint density at radius 1 is 1.13 bits per heavy atom. The molecule has 206 valence electrons. The number of ether oxygens (including phenoxy) is 1. The molecule has 9 nitrogen and oxygen atoms in total. The topological polar surface area (TPSA) is 128 Å². The van der Waals surface area contributed by atoms with Crippen molar-refractivity contribution in [1.29, 1.82) is 10.5 Å². The minimum absolute atomic E-state index is 0.0597. The number of benzene rings is 1. The van der Waals surface area contributed by atoms with Crippen LogP contribution in [0.15, 0.2) is 29.3 Å². The SMILES string of the molecule is CC1(C)CC(O)CC(C)(CN/C(=N\C#N)N2CC3CC(CN(CC(O)COc4ccc(C#N)cc4)C3)C2)C1. The van der Waals surface area contributed by atoms with Crippen LogP contribution in [-0.4, -0.2) is 84.1 Å². The molecule has 1 aromatic rings. The summed E-state index contributed by atoms with van der Waals surface area (Å²) in [7, 11) is 0. The molecule has 2 aliphatic heterocycles. The van der Waals surface area contributed by atoms with Gasteiger partial charge in [-0.25, -0.2) is 0 Å². The summed E-state index contributed by atoms with van der Waals surface area (Å²) in [5, 5.41) is 42.8. The molecule has 2 heterocycles. The number of nitrogens with zero attached hydrogens (tertiary/aromatic N) is 5. The summed E-state index contributed by atoms with van der Waals surface area (Å²) in [4.78, 5) is 8.71. The van der Waals surface area contributed by atoms with Crippen molar-refractivity contribution in [2.75, 3.05) is 45.9 Å². The molecule has 2 saturated heterocycles. The molecule has 0 radical (unpaired) electrons. The van der Waals surface area contributed by atoms with Gasteiger partial charge in [-0.2, -0.15) is 10.5 Å². The Bertz CT molecular complexity index is 1050. The van der Waals surface area contributed by atoms with Crippen molar-refractivity contribution in [2.24, 2.45) is 27.7 Å². The lowest BCUT2D eigenvalue weighted by molar-refractivity contribution is -0.00779. The Morgan fingerprint density at radius 2 is 1.82 bits per heavy atom. The molecule has 0 amide bonds. The van der Waals surface area contributed by atoms with Crippen LogP contribution in [-0.2, 0) is 0 Å². The zero-order valence-corrected chi connectivity index (χ0v) is 22.9. The molecule has 1 aliphatic carbocycles. The van der Waals surface area contributed by atoms with Crippen molar-refractivity contribution < 1.29 is 14.9 Å². The Kier molecular flexibility index (Phi) is 8.82. The summed E-state index contributed by atoms with van der Waals surface area (Å²) in [6, 6.07) is 8.99. The molecule has 9 heteroatoms. The van der Waals surface area contributed by atoms with E-state index in [-0.39, 0.29) is 23.5 Å². The average Bonchev–Trinajstić information content (AvgIpc) is 2.83. The first kappa shape index (κ1) is 28.2. The molecule has 0 spiro atoms. The fraction of sp³-hybridized carbons (Fsp3) is 0.690. The normalized spacial score (nSPS) is 30.1. The summed E-state index contributed by atoms with van der Waals surface area (Å²) < 4.78 is 5.72. The van der Waals surface area contributed by atoms with Gasteiger partial charge in [-0.1, -0.05) is 20.8 Å². The quantitative estimate of drug-likeness (QED) is 0.283. The smallest absolute Gasteiger partial charge is 0.209 e. The fourth-order valence-electron chi connectivity index (χ4n) is 7.15. The first-order chi connectivity index (χ1) is 18.1. The number of aliphatic imine (C=N–C) groups is 1. The Labute approximate surface area is 226 Å². The summed E-state index contributed by atoms with van der Waals surface area (Å²) in [5.74, 6) is 2.16. The Morgan fingerprint density at radius 3 is 2.42 bits per heavy atom. The van der Waals surface area contributed by atoms with Crippen LogP contribution in [0.5, 0.6) is 5.75 Å². The molecular weight excluding hydrogens is 480 g/mol. The highest BCUT2D eigenvalue weighted by Crippen LogP contribution is 2.45. The molecule has 3 aliphatic rings. The number of nitriles is 2. The van der Waals surface area contributed by atoms with E-state index in [0.29, 0.717) is 42.2 Å². The number of aliphatic hydroxyl groups excluding tert-OH is 2. The maximum absolute atomic E-state index is 10.6. The standard InChI is InChI=1S/C29H42N6O3/c1-28(2)9-24(36)10-29(3,18-28)19-32-27(33-20-31)35-14-22-8-23(15-35)13-34(12-22)16-25(37)17-38-26-6-4-21(11-30)5-7-26/h4-7,22-25,36-37H,8-10,12-19H2,1-3H3,(H,32,33).